The van der Waals surface area contributed by atoms with E-state index >= 15 is 0 Å². The number of hydrogen-bond acceptors (Lipinski definition) is 5. The lowest BCUT2D eigenvalue weighted by atomic mass is 9.84. The van der Waals surface area contributed by atoms with Gasteiger partial charge in [0.25, 0.3) is 5.91 Å². The van der Waals surface area contributed by atoms with Crippen molar-refractivity contribution < 1.29 is 19.4 Å². The Kier molecular flexibility index (Phi) is 10.4. The van der Waals surface area contributed by atoms with Gasteiger partial charge in [-0.15, -0.1) is 23.4 Å². The highest BCUT2D eigenvalue weighted by molar-refractivity contribution is 8.00. The number of hydrogen-bond donors (Lipinski definition) is 1. The minimum atomic E-state index is -1.31. The van der Waals surface area contributed by atoms with Gasteiger partial charge in [0, 0.05) is 0 Å². The molecular weight excluding hydrogens is 578 g/mol. The molecule has 0 radical (unpaired) electrons. The minimum Gasteiger partial charge on any atom is -0.447 e. The molecular formula is C36H34ClNO4S. The second-order valence-corrected chi connectivity index (χ2v) is 12.1. The van der Waals surface area contributed by atoms with Crippen LogP contribution in [0.15, 0.2) is 133 Å². The minimum absolute atomic E-state index is 0.0955. The molecule has 0 unspecified atom stereocenters. The highest BCUT2D eigenvalue weighted by Crippen LogP contribution is 2.48. The van der Waals surface area contributed by atoms with E-state index in [-0.39, 0.29) is 6.61 Å². The average molecular weight is 612 g/mol. The van der Waals surface area contributed by atoms with Gasteiger partial charge in [0.15, 0.2) is 0 Å². The lowest BCUT2D eigenvalue weighted by Gasteiger charge is -2.35. The number of carbonyl (C=O) groups excluding carboxylic acids is 2. The predicted molar refractivity (Wildman–Crippen MR) is 173 cm³/mol. The topological polar surface area (TPSA) is 66.8 Å². The second kappa shape index (κ2) is 14.6. The Bertz CT molecular complexity index is 1410. The first-order valence-corrected chi connectivity index (χ1v) is 15.8. The zero-order chi connectivity index (χ0) is 30.1. The number of alkyl halides is 1. The predicted octanol–water partition coefficient (Wildman–Crippen LogP) is 7.22. The number of aliphatic hydroxyl groups is 1. The summed E-state index contributed by atoms with van der Waals surface area (Å²) in [4.78, 5) is 26.6. The van der Waals surface area contributed by atoms with Gasteiger partial charge < -0.3 is 9.84 Å². The number of allylic oxidation sites excluding steroid dienone is 1. The van der Waals surface area contributed by atoms with Gasteiger partial charge in [0.2, 0.25) is 0 Å². The number of carbonyl (C=O) groups is 2. The molecule has 0 spiro atoms. The number of cyclic esters (lactones) is 1. The molecule has 0 aliphatic carbocycles. The maximum absolute atomic E-state index is 13.2. The van der Waals surface area contributed by atoms with Crippen LogP contribution in [0.25, 0.3) is 0 Å². The van der Waals surface area contributed by atoms with Gasteiger partial charge in [-0.05, 0) is 40.8 Å². The quantitative estimate of drug-likeness (QED) is 0.0793. The molecule has 1 fully saturated rings. The van der Waals surface area contributed by atoms with Crippen LogP contribution < -0.4 is 0 Å². The Hall–Kier alpha value is -3.84. The van der Waals surface area contributed by atoms with Crippen molar-refractivity contribution in [3.8, 4) is 0 Å². The summed E-state index contributed by atoms with van der Waals surface area (Å²) in [5, 5.41) is 9.46. The molecule has 220 valence electrons. The largest absolute Gasteiger partial charge is 0.447 e. The number of ether oxygens (including phenoxy) is 1. The molecule has 3 atom stereocenters. The summed E-state index contributed by atoms with van der Waals surface area (Å²) >= 11 is 8.23. The summed E-state index contributed by atoms with van der Waals surface area (Å²) in [6, 6.07) is 40.5. The monoisotopic (exact) mass is 611 g/mol. The van der Waals surface area contributed by atoms with E-state index in [1.165, 1.54) is 16.7 Å². The van der Waals surface area contributed by atoms with Crippen molar-refractivity contribution in [1.29, 1.82) is 0 Å². The van der Waals surface area contributed by atoms with Gasteiger partial charge in [0.1, 0.15) is 12.0 Å². The van der Waals surface area contributed by atoms with E-state index in [4.69, 9.17) is 16.3 Å². The fraction of sp³-hybridized carbons (Fsp3) is 0.222. The SMILES string of the molecule is O=C1OC[C@@H](Cc2ccccc2)N1C(=O)[C@H](Cl)[C@@H](O)/C=C/CCSC(c1ccccc1)(c1ccccc1)c1ccccc1. The number of benzene rings is 4. The standard InChI is InChI=1S/C36H34ClNO4S/c37-33(34(40)38-31(26-42-35(38)41)25-27-15-5-1-6-16-27)32(39)23-13-14-24-43-36(28-17-7-2-8-18-28,29-19-9-3-10-20-29)30-21-11-4-12-22-30/h1-13,15-23,31-33,39H,14,24-26H2/b23-13+/t31-,32+,33-/m1/s1. The molecule has 1 saturated heterocycles. The van der Waals surface area contributed by atoms with E-state index in [1.54, 1.807) is 6.08 Å². The molecule has 1 heterocycles. The van der Waals surface area contributed by atoms with Crippen LogP contribution in [-0.2, 0) is 20.7 Å². The Balaban J connectivity index is 1.27. The molecule has 1 N–H and O–H groups in total. The van der Waals surface area contributed by atoms with Crippen molar-refractivity contribution in [2.45, 2.75) is 35.1 Å². The number of nitrogens with zero attached hydrogens (tertiary/aromatic N) is 1. The van der Waals surface area contributed by atoms with Crippen LogP contribution in [0.5, 0.6) is 0 Å². The molecule has 43 heavy (non-hydrogen) atoms. The zero-order valence-electron chi connectivity index (χ0n) is 23.7. The van der Waals surface area contributed by atoms with Crippen molar-refractivity contribution in [3.63, 3.8) is 0 Å². The molecule has 7 heteroatoms. The van der Waals surface area contributed by atoms with Crippen LogP contribution >= 0.6 is 23.4 Å². The van der Waals surface area contributed by atoms with Gasteiger partial charge in [-0.3, -0.25) is 4.79 Å². The van der Waals surface area contributed by atoms with Gasteiger partial charge in [-0.2, -0.15) is 0 Å². The third-order valence-electron chi connectivity index (χ3n) is 7.53. The van der Waals surface area contributed by atoms with Crippen molar-refractivity contribution >= 4 is 35.4 Å². The first-order chi connectivity index (χ1) is 21.0. The molecule has 1 aliphatic heterocycles. The molecule has 0 aromatic heterocycles. The van der Waals surface area contributed by atoms with E-state index in [1.807, 2.05) is 66.4 Å². The van der Waals surface area contributed by atoms with Crippen molar-refractivity contribution in [2.75, 3.05) is 12.4 Å². The van der Waals surface area contributed by atoms with Crippen LogP contribution in [0.1, 0.15) is 28.7 Å². The summed E-state index contributed by atoms with van der Waals surface area (Å²) in [6.45, 7) is 0.0955. The molecule has 4 aromatic carbocycles. The fourth-order valence-electron chi connectivity index (χ4n) is 5.43. The maximum atomic E-state index is 13.2. The number of imide groups is 1. The molecule has 0 saturated carbocycles. The van der Waals surface area contributed by atoms with Crippen LogP contribution in [0, 0.1) is 0 Å². The third kappa shape index (κ3) is 7.04. The normalized spacial score (nSPS) is 16.7. The van der Waals surface area contributed by atoms with Gasteiger partial charge in [-0.25, -0.2) is 9.69 Å². The van der Waals surface area contributed by atoms with Gasteiger partial charge in [0.05, 0.1) is 16.9 Å². The molecule has 0 bridgehead atoms. The maximum Gasteiger partial charge on any atom is 0.417 e. The molecule has 4 aromatic rings. The summed E-state index contributed by atoms with van der Waals surface area (Å²) in [6.07, 6.45) is 2.48. The second-order valence-electron chi connectivity index (χ2n) is 10.4. The van der Waals surface area contributed by atoms with E-state index in [2.05, 4.69) is 72.8 Å². The van der Waals surface area contributed by atoms with Crippen LogP contribution in [0.2, 0.25) is 0 Å². The zero-order valence-corrected chi connectivity index (χ0v) is 25.2. The highest BCUT2D eigenvalue weighted by Gasteiger charge is 2.42. The van der Waals surface area contributed by atoms with E-state index in [9.17, 15) is 14.7 Å². The van der Waals surface area contributed by atoms with E-state index < -0.39 is 34.3 Å². The van der Waals surface area contributed by atoms with Crippen LogP contribution in [-0.4, -0.2) is 51.9 Å². The van der Waals surface area contributed by atoms with Crippen molar-refractivity contribution in [3.05, 3.63) is 156 Å². The summed E-state index contributed by atoms with van der Waals surface area (Å²) in [5.41, 5.74) is 4.51. The smallest absolute Gasteiger partial charge is 0.417 e. The lowest BCUT2D eigenvalue weighted by molar-refractivity contribution is -0.130. The summed E-state index contributed by atoms with van der Waals surface area (Å²) < 4.78 is 4.72. The first kappa shape index (κ1) is 30.6. The van der Waals surface area contributed by atoms with Crippen LogP contribution in [0.4, 0.5) is 4.79 Å². The number of amides is 2. The Labute approximate surface area is 262 Å². The molecule has 5 rings (SSSR count). The Morgan fingerprint density at radius 2 is 1.37 bits per heavy atom. The third-order valence-corrected chi connectivity index (χ3v) is 9.55. The molecule has 1 aliphatic rings. The average Bonchev–Trinajstić information content (AvgIpc) is 3.42. The number of halogens is 1. The van der Waals surface area contributed by atoms with E-state index in [0.29, 0.717) is 12.8 Å². The summed E-state index contributed by atoms with van der Waals surface area (Å²) in [7, 11) is 0. The molecule has 2 amide bonds. The van der Waals surface area contributed by atoms with Crippen molar-refractivity contribution in [1.82, 2.24) is 4.90 Å². The van der Waals surface area contributed by atoms with Crippen LogP contribution in [0.3, 0.4) is 0 Å². The summed E-state index contributed by atoms with van der Waals surface area (Å²) in [5.74, 6) is 0.0771. The lowest BCUT2D eigenvalue weighted by Crippen LogP contribution is -2.47. The highest BCUT2D eigenvalue weighted by atomic mass is 35.5. The number of rotatable bonds is 12. The van der Waals surface area contributed by atoms with Crippen molar-refractivity contribution in [2.24, 2.45) is 0 Å². The van der Waals surface area contributed by atoms with E-state index in [0.717, 1.165) is 16.2 Å². The Morgan fingerprint density at radius 1 is 0.884 bits per heavy atom. The Morgan fingerprint density at radius 3 is 1.88 bits per heavy atom. The van der Waals surface area contributed by atoms with Gasteiger partial charge in [-0.1, -0.05) is 133 Å². The number of thioether (sulfide) groups is 1. The van der Waals surface area contributed by atoms with Gasteiger partial charge >= 0.3 is 6.09 Å². The fourth-order valence-corrected chi connectivity index (χ4v) is 7.09. The molecule has 5 nitrogen and oxygen atoms in total. The number of aliphatic hydroxyl groups excluding tert-OH is 1. The first-order valence-electron chi connectivity index (χ1n) is 14.3.